The van der Waals surface area contributed by atoms with Crippen molar-refractivity contribution >= 4 is 43.1 Å². The molecule has 2 aromatic heterocycles. The lowest BCUT2D eigenvalue weighted by Gasteiger charge is -2.34. The second kappa shape index (κ2) is 11.8. The van der Waals surface area contributed by atoms with Crippen LogP contribution in [0.25, 0.3) is 32.1 Å². The lowest BCUT2D eigenvalue weighted by molar-refractivity contribution is -0.137. The molecule has 2 bridgehead atoms. The zero-order valence-corrected chi connectivity index (χ0v) is 25.8. The Bertz CT molecular complexity index is 1830. The Morgan fingerprint density at radius 1 is 1.09 bits per heavy atom. The number of nitrogens with one attached hydrogen (secondary N) is 1. The largest absolute Gasteiger partial charge is 0.467 e. The van der Waals surface area contributed by atoms with Crippen molar-refractivity contribution in [1.29, 1.82) is 5.26 Å². The molecule has 4 aromatic rings. The third-order valence-corrected chi connectivity index (χ3v) is 10.5. The molecule has 8 nitrogen and oxygen atoms in total. The van der Waals surface area contributed by atoms with Crippen LogP contribution in [0.4, 0.5) is 32.8 Å². The number of halogens is 5. The van der Waals surface area contributed by atoms with Crippen molar-refractivity contribution in [1.82, 2.24) is 20.2 Å². The molecule has 46 heavy (non-hydrogen) atoms. The van der Waals surface area contributed by atoms with Gasteiger partial charge in [-0.25, -0.2) is 8.78 Å². The van der Waals surface area contributed by atoms with Crippen LogP contribution in [-0.2, 0) is 6.18 Å². The summed E-state index contributed by atoms with van der Waals surface area (Å²) in [6.07, 6.45) is 0.0430. The van der Waals surface area contributed by atoms with Crippen molar-refractivity contribution in [3.8, 4) is 23.2 Å². The number of nitriles is 1. The van der Waals surface area contributed by atoms with Gasteiger partial charge in [-0.1, -0.05) is 6.07 Å². The predicted molar refractivity (Wildman–Crippen MR) is 167 cm³/mol. The molecule has 0 radical (unpaired) electrons. The lowest BCUT2D eigenvalue weighted by Crippen LogP contribution is -2.51. The molecule has 242 valence electrons. The molecule has 4 fully saturated rings. The fourth-order valence-corrected chi connectivity index (χ4v) is 8.40. The van der Waals surface area contributed by atoms with Gasteiger partial charge >= 0.3 is 12.2 Å². The highest BCUT2D eigenvalue weighted by Gasteiger charge is 2.38. The lowest BCUT2D eigenvalue weighted by atomic mass is 9.93. The first kappa shape index (κ1) is 30.8. The SMILES string of the molecule is COc1nc(N2CC3CCC(C2)N3)c2cc(C(F)(F)F)c(-c3ccc(F)c4sc(N)c(C#N)c34)cc2n1.FC1CC2CCCN2C1. The number of nitrogens with two attached hydrogens (primary N) is 1. The summed E-state index contributed by atoms with van der Waals surface area (Å²) >= 11 is 0.830. The molecule has 4 atom stereocenters. The van der Waals surface area contributed by atoms with Crippen molar-refractivity contribution in [3.05, 3.63) is 41.2 Å². The summed E-state index contributed by atoms with van der Waals surface area (Å²) in [7, 11) is 1.40. The number of methoxy groups -OCH3 is 1. The molecule has 14 heteroatoms. The van der Waals surface area contributed by atoms with Gasteiger partial charge in [-0.3, -0.25) is 4.90 Å². The maximum absolute atomic E-state index is 14.6. The van der Waals surface area contributed by atoms with Crippen molar-refractivity contribution in [2.45, 2.75) is 62.6 Å². The second-order valence-electron chi connectivity index (χ2n) is 12.4. The smallest absolute Gasteiger partial charge is 0.417 e. The number of nitrogens with zero attached hydrogens (tertiary/aromatic N) is 5. The van der Waals surface area contributed by atoms with Crippen LogP contribution < -0.4 is 20.7 Å². The maximum Gasteiger partial charge on any atom is 0.417 e. The first-order chi connectivity index (χ1) is 22.0. The molecule has 0 spiro atoms. The summed E-state index contributed by atoms with van der Waals surface area (Å²) in [5.41, 5.74) is 5.00. The number of ether oxygens (including phenoxy) is 1. The minimum atomic E-state index is -4.75. The molecule has 3 N–H and O–H groups in total. The molecule has 4 aliphatic rings. The summed E-state index contributed by atoms with van der Waals surface area (Å²) in [5.74, 6) is -0.287. The third kappa shape index (κ3) is 5.48. The molecule has 2 aromatic carbocycles. The van der Waals surface area contributed by atoms with E-state index in [0.717, 1.165) is 49.3 Å². The summed E-state index contributed by atoms with van der Waals surface area (Å²) in [4.78, 5) is 13.1. The standard InChI is InChI=1S/C25H20F4N6OS.C7H12FN/c1-36-24-33-19-7-14(13-4-5-18(26)21-20(13)16(8-30)22(31)37-21)17(25(27,28)29)6-15(19)23(34-24)35-9-11-2-3-12(10-35)32-11;8-6-4-7-2-1-3-9(7)5-6/h4-7,11-12,32H,2-3,9-10,31H2,1H3;6-7H,1-5H2. The molecule has 0 amide bonds. The molecule has 8 rings (SSSR count). The first-order valence-corrected chi connectivity index (χ1v) is 16.1. The van der Waals surface area contributed by atoms with Crippen LogP contribution in [0.1, 0.15) is 43.2 Å². The average molecular weight is 658 g/mol. The molecule has 4 aliphatic heterocycles. The first-order valence-electron chi connectivity index (χ1n) is 15.3. The zero-order chi connectivity index (χ0) is 32.3. The summed E-state index contributed by atoms with van der Waals surface area (Å²) < 4.78 is 76.1. The van der Waals surface area contributed by atoms with E-state index in [1.807, 2.05) is 11.0 Å². The van der Waals surface area contributed by atoms with E-state index in [2.05, 4.69) is 20.2 Å². The van der Waals surface area contributed by atoms with Crippen LogP contribution >= 0.6 is 11.3 Å². The number of nitrogen functional groups attached to an aromatic ring is 1. The summed E-state index contributed by atoms with van der Waals surface area (Å²) in [5, 5.41) is 13.5. The van der Waals surface area contributed by atoms with Crippen molar-refractivity contribution < 1.29 is 26.7 Å². The van der Waals surface area contributed by atoms with Gasteiger partial charge in [-0.2, -0.15) is 28.4 Å². The quantitative estimate of drug-likeness (QED) is 0.249. The van der Waals surface area contributed by atoms with Crippen LogP contribution in [0.5, 0.6) is 6.01 Å². The number of piperazine rings is 1. The van der Waals surface area contributed by atoms with Gasteiger partial charge in [-0.15, -0.1) is 11.3 Å². The fraction of sp³-hybridized carbons (Fsp3) is 0.469. The monoisotopic (exact) mass is 657 g/mol. The number of thiophene rings is 1. The number of fused-ring (bicyclic) bond motifs is 5. The van der Waals surface area contributed by atoms with Crippen molar-refractivity contribution in [3.63, 3.8) is 0 Å². The van der Waals surface area contributed by atoms with Gasteiger partial charge in [0.25, 0.3) is 0 Å². The normalized spacial score (nSPS) is 24.2. The van der Waals surface area contributed by atoms with Gasteiger partial charge in [0.1, 0.15) is 28.9 Å². The van der Waals surface area contributed by atoms with Crippen LogP contribution in [0.3, 0.4) is 0 Å². The van der Waals surface area contributed by atoms with Crippen molar-refractivity contribution in [2.75, 3.05) is 43.9 Å². The summed E-state index contributed by atoms with van der Waals surface area (Å²) in [6.45, 7) is 3.07. The zero-order valence-electron chi connectivity index (χ0n) is 25.0. The van der Waals surface area contributed by atoms with Crippen LogP contribution in [-0.4, -0.2) is 72.5 Å². The van der Waals surface area contributed by atoms with Crippen molar-refractivity contribution in [2.24, 2.45) is 0 Å². The van der Waals surface area contributed by atoms with Gasteiger partial charge in [0, 0.05) is 48.5 Å². The number of hydrogen-bond donors (Lipinski definition) is 2. The highest BCUT2D eigenvalue weighted by Crippen LogP contribution is 2.46. The Labute approximate surface area is 265 Å². The highest BCUT2D eigenvalue weighted by atomic mass is 32.1. The van der Waals surface area contributed by atoms with Crippen LogP contribution in [0.2, 0.25) is 0 Å². The Hall–Kier alpha value is -3.80. The molecule has 4 unspecified atom stereocenters. The number of alkyl halides is 4. The maximum atomic E-state index is 14.6. The number of anilines is 2. The Balaban J connectivity index is 0.000000321. The van der Waals surface area contributed by atoms with E-state index in [9.17, 15) is 27.2 Å². The van der Waals surface area contributed by atoms with E-state index in [1.165, 1.54) is 32.1 Å². The van der Waals surface area contributed by atoms with Crippen LogP contribution in [0, 0.1) is 17.1 Å². The minimum absolute atomic E-state index is 0.0250. The van der Waals surface area contributed by atoms with E-state index in [4.69, 9.17) is 10.5 Å². The minimum Gasteiger partial charge on any atom is -0.467 e. The van der Waals surface area contributed by atoms with E-state index >= 15 is 0 Å². The van der Waals surface area contributed by atoms with E-state index in [-0.39, 0.29) is 60.8 Å². The molecular formula is C32H32F5N7OS. The second-order valence-corrected chi connectivity index (χ2v) is 13.4. The number of rotatable bonds is 3. The van der Waals surface area contributed by atoms with Gasteiger partial charge in [0.15, 0.2) is 0 Å². The Morgan fingerprint density at radius 3 is 2.52 bits per heavy atom. The van der Waals surface area contributed by atoms with E-state index in [0.29, 0.717) is 31.5 Å². The van der Waals surface area contributed by atoms with Gasteiger partial charge < -0.3 is 20.7 Å². The Morgan fingerprint density at radius 2 is 1.85 bits per heavy atom. The molecular weight excluding hydrogens is 625 g/mol. The fourth-order valence-electron chi connectivity index (χ4n) is 7.45. The molecule has 0 aliphatic carbocycles. The van der Waals surface area contributed by atoms with Gasteiger partial charge in [0.05, 0.1) is 28.5 Å². The molecule has 4 saturated heterocycles. The number of aromatic nitrogens is 2. The topological polar surface area (TPSA) is 103 Å². The highest BCUT2D eigenvalue weighted by molar-refractivity contribution is 7.23. The van der Waals surface area contributed by atoms with E-state index < -0.39 is 23.7 Å². The van der Waals surface area contributed by atoms with Crippen LogP contribution in [0.15, 0.2) is 24.3 Å². The Kier molecular flexibility index (Phi) is 7.89. The average Bonchev–Trinajstić information content (AvgIpc) is 3.78. The number of hydrogen-bond acceptors (Lipinski definition) is 9. The van der Waals surface area contributed by atoms with Gasteiger partial charge in [-0.05, 0) is 68.0 Å². The predicted octanol–water partition coefficient (Wildman–Crippen LogP) is 6.27. The molecule has 0 saturated carbocycles. The number of benzene rings is 2. The molecule has 6 heterocycles. The van der Waals surface area contributed by atoms with E-state index in [1.54, 1.807) is 0 Å². The summed E-state index contributed by atoms with van der Waals surface area (Å²) in [6, 6.07) is 7.70. The van der Waals surface area contributed by atoms with Gasteiger partial charge in [0.2, 0.25) is 0 Å². The third-order valence-electron chi connectivity index (χ3n) is 9.48.